The zero-order chi connectivity index (χ0) is 14.4. The lowest BCUT2D eigenvalue weighted by molar-refractivity contribution is -0.0216. The fourth-order valence-corrected chi connectivity index (χ4v) is 2.92. The Morgan fingerprint density at radius 3 is 2.21 bits per heavy atom. The highest BCUT2D eigenvalue weighted by Gasteiger charge is 2.48. The van der Waals surface area contributed by atoms with Crippen molar-refractivity contribution in [2.75, 3.05) is 13.1 Å². The lowest BCUT2D eigenvalue weighted by Crippen LogP contribution is -2.61. The van der Waals surface area contributed by atoms with Crippen molar-refractivity contribution < 1.29 is 9.53 Å². The molecule has 0 aromatic rings. The van der Waals surface area contributed by atoms with Gasteiger partial charge in [-0.05, 0) is 54.4 Å². The zero-order valence-electron chi connectivity index (χ0n) is 13.2. The first-order valence-corrected chi connectivity index (χ1v) is 7.39. The molecule has 0 N–H and O–H groups in total. The van der Waals surface area contributed by atoms with E-state index in [0.29, 0.717) is 11.6 Å². The summed E-state index contributed by atoms with van der Waals surface area (Å²) in [5, 5.41) is 0. The SMILES string of the molecule is C[C@@H]1CN(C(=O)OC(C)(C)C)[C@@H](C)CN1C1(C)CC1. The fourth-order valence-electron chi connectivity index (χ4n) is 2.92. The van der Waals surface area contributed by atoms with Gasteiger partial charge in [-0.2, -0.15) is 0 Å². The normalized spacial score (nSPS) is 31.2. The summed E-state index contributed by atoms with van der Waals surface area (Å²) in [5.74, 6) is 0. The van der Waals surface area contributed by atoms with Crippen molar-refractivity contribution in [1.29, 1.82) is 0 Å². The number of rotatable bonds is 1. The Morgan fingerprint density at radius 1 is 1.16 bits per heavy atom. The van der Waals surface area contributed by atoms with Gasteiger partial charge in [-0.1, -0.05) is 0 Å². The number of hydrogen-bond donors (Lipinski definition) is 0. The first-order chi connectivity index (χ1) is 8.62. The van der Waals surface area contributed by atoms with Gasteiger partial charge in [0.2, 0.25) is 0 Å². The van der Waals surface area contributed by atoms with Gasteiger partial charge in [-0.25, -0.2) is 4.79 Å². The van der Waals surface area contributed by atoms with E-state index in [2.05, 4.69) is 25.7 Å². The van der Waals surface area contributed by atoms with Gasteiger partial charge >= 0.3 is 6.09 Å². The molecule has 2 rings (SSSR count). The first-order valence-electron chi connectivity index (χ1n) is 7.39. The molecular formula is C15H28N2O2. The molecule has 4 heteroatoms. The highest BCUT2D eigenvalue weighted by molar-refractivity contribution is 5.68. The van der Waals surface area contributed by atoms with Crippen LogP contribution in [0.1, 0.15) is 54.4 Å². The quantitative estimate of drug-likeness (QED) is 0.733. The Hall–Kier alpha value is -0.770. The number of carbonyl (C=O) groups is 1. The summed E-state index contributed by atoms with van der Waals surface area (Å²) >= 11 is 0. The molecule has 2 atom stereocenters. The van der Waals surface area contributed by atoms with Gasteiger partial charge in [-0.15, -0.1) is 0 Å². The maximum absolute atomic E-state index is 12.2. The lowest BCUT2D eigenvalue weighted by Gasteiger charge is -2.47. The molecule has 1 saturated heterocycles. The molecule has 0 radical (unpaired) electrons. The van der Waals surface area contributed by atoms with Crippen molar-refractivity contribution in [3.63, 3.8) is 0 Å². The van der Waals surface area contributed by atoms with Gasteiger partial charge < -0.3 is 9.64 Å². The summed E-state index contributed by atoms with van der Waals surface area (Å²) in [7, 11) is 0. The van der Waals surface area contributed by atoms with Gasteiger partial charge in [0.15, 0.2) is 0 Å². The van der Waals surface area contributed by atoms with Crippen molar-refractivity contribution in [2.45, 2.75) is 77.6 Å². The standard InChI is InChI=1S/C15H28N2O2/c1-11-10-17(15(6)7-8-15)12(2)9-16(11)13(18)19-14(3,4)5/h11-12H,7-10H2,1-6H3/t11-,12+/m0/s1. The van der Waals surface area contributed by atoms with Crippen LogP contribution in [0.2, 0.25) is 0 Å². The van der Waals surface area contributed by atoms with Crippen molar-refractivity contribution in [3.8, 4) is 0 Å². The van der Waals surface area contributed by atoms with Crippen LogP contribution in [-0.2, 0) is 4.74 Å². The molecule has 0 aromatic heterocycles. The van der Waals surface area contributed by atoms with Crippen molar-refractivity contribution >= 4 is 6.09 Å². The van der Waals surface area contributed by atoms with E-state index >= 15 is 0 Å². The number of ether oxygens (including phenoxy) is 1. The molecule has 1 amide bonds. The number of amides is 1. The number of nitrogens with zero attached hydrogens (tertiary/aromatic N) is 2. The minimum Gasteiger partial charge on any atom is -0.444 e. The summed E-state index contributed by atoms with van der Waals surface area (Å²) in [6, 6.07) is 0.639. The summed E-state index contributed by atoms with van der Waals surface area (Å²) in [5.41, 5.74) is -0.0344. The second-order valence-corrected chi connectivity index (χ2v) is 7.48. The summed E-state index contributed by atoms with van der Waals surface area (Å²) in [6.07, 6.45) is 2.40. The van der Waals surface area contributed by atoms with Crippen LogP contribution in [0.3, 0.4) is 0 Å². The third-order valence-corrected chi connectivity index (χ3v) is 4.28. The molecule has 4 nitrogen and oxygen atoms in total. The predicted octanol–water partition coefficient (Wildman–Crippen LogP) is 2.87. The summed E-state index contributed by atoms with van der Waals surface area (Å²) in [6.45, 7) is 14.1. The lowest BCUT2D eigenvalue weighted by atomic mass is 10.1. The monoisotopic (exact) mass is 268 g/mol. The van der Waals surface area contributed by atoms with E-state index in [4.69, 9.17) is 4.74 Å². The van der Waals surface area contributed by atoms with Crippen LogP contribution >= 0.6 is 0 Å². The Bertz CT molecular complexity index is 358. The summed E-state index contributed by atoms with van der Waals surface area (Å²) < 4.78 is 5.50. The maximum Gasteiger partial charge on any atom is 0.410 e. The molecule has 0 unspecified atom stereocenters. The minimum atomic E-state index is -0.417. The van der Waals surface area contributed by atoms with Crippen LogP contribution in [0, 0.1) is 0 Å². The average molecular weight is 268 g/mol. The molecule has 0 aromatic carbocycles. The molecule has 0 bridgehead atoms. The molecule has 2 aliphatic rings. The second-order valence-electron chi connectivity index (χ2n) is 7.48. The first kappa shape index (κ1) is 14.6. The Morgan fingerprint density at radius 2 is 1.74 bits per heavy atom. The van der Waals surface area contributed by atoms with Crippen LogP contribution in [-0.4, -0.2) is 52.2 Å². The molecule has 1 heterocycles. The van der Waals surface area contributed by atoms with Crippen molar-refractivity contribution in [2.24, 2.45) is 0 Å². The zero-order valence-corrected chi connectivity index (χ0v) is 13.2. The van der Waals surface area contributed by atoms with E-state index in [1.807, 2.05) is 25.7 Å². The smallest absolute Gasteiger partial charge is 0.410 e. The van der Waals surface area contributed by atoms with Gasteiger partial charge in [-0.3, -0.25) is 4.90 Å². The van der Waals surface area contributed by atoms with Crippen LogP contribution < -0.4 is 0 Å². The number of hydrogen-bond acceptors (Lipinski definition) is 3. The third-order valence-electron chi connectivity index (χ3n) is 4.28. The minimum absolute atomic E-state index is 0.174. The third kappa shape index (κ3) is 3.22. The van der Waals surface area contributed by atoms with Gasteiger partial charge in [0.05, 0.1) is 0 Å². The van der Waals surface area contributed by atoms with Gasteiger partial charge in [0.25, 0.3) is 0 Å². The summed E-state index contributed by atoms with van der Waals surface area (Å²) in [4.78, 5) is 16.7. The molecule has 2 fully saturated rings. The fraction of sp³-hybridized carbons (Fsp3) is 0.933. The molecule has 1 saturated carbocycles. The Balaban J connectivity index is 2.00. The predicted molar refractivity (Wildman–Crippen MR) is 76.2 cm³/mol. The Kier molecular flexibility index (Phi) is 3.58. The van der Waals surface area contributed by atoms with Crippen LogP contribution in [0.5, 0.6) is 0 Å². The topological polar surface area (TPSA) is 32.8 Å². The number of piperazine rings is 1. The molecule has 0 spiro atoms. The molecule has 1 aliphatic heterocycles. The number of carbonyl (C=O) groups excluding carboxylic acids is 1. The van der Waals surface area contributed by atoms with Crippen LogP contribution in [0.4, 0.5) is 4.79 Å². The highest BCUT2D eigenvalue weighted by atomic mass is 16.6. The van der Waals surface area contributed by atoms with E-state index in [-0.39, 0.29) is 12.1 Å². The van der Waals surface area contributed by atoms with Gasteiger partial charge in [0.1, 0.15) is 5.60 Å². The van der Waals surface area contributed by atoms with Gasteiger partial charge in [0, 0.05) is 30.7 Å². The van der Waals surface area contributed by atoms with Crippen molar-refractivity contribution in [3.05, 3.63) is 0 Å². The van der Waals surface area contributed by atoms with E-state index in [1.165, 1.54) is 12.8 Å². The molecule has 110 valence electrons. The molecule has 1 aliphatic carbocycles. The van der Waals surface area contributed by atoms with E-state index in [0.717, 1.165) is 13.1 Å². The average Bonchev–Trinajstić information content (AvgIpc) is 2.98. The largest absolute Gasteiger partial charge is 0.444 e. The van der Waals surface area contributed by atoms with E-state index in [1.54, 1.807) is 0 Å². The van der Waals surface area contributed by atoms with E-state index < -0.39 is 5.60 Å². The van der Waals surface area contributed by atoms with Crippen LogP contribution in [0.25, 0.3) is 0 Å². The van der Waals surface area contributed by atoms with Crippen LogP contribution in [0.15, 0.2) is 0 Å². The van der Waals surface area contributed by atoms with E-state index in [9.17, 15) is 4.79 Å². The highest BCUT2D eigenvalue weighted by Crippen LogP contribution is 2.43. The molecular weight excluding hydrogens is 240 g/mol. The second kappa shape index (κ2) is 4.65. The maximum atomic E-state index is 12.2. The van der Waals surface area contributed by atoms with Crippen molar-refractivity contribution in [1.82, 2.24) is 9.80 Å². The Labute approximate surface area is 117 Å². The molecule has 19 heavy (non-hydrogen) atoms.